The van der Waals surface area contributed by atoms with Crippen LogP contribution in [0.5, 0.6) is 0 Å². The molecule has 1 N–H and O–H groups in total. The molecule has 1 amide bonds. The lowest BCUT2D eigenvalue weighted by Crippen LogP contribution is -2.26. The van der Waals surface area contributed by atoms with Gasteiger partial charge in [-0.05, 0) is 30.5 Å². The van der Waals surface area contributed by atoms with Crippen LogP contribution < -0.4 is 5.32 Å². The highest BCUT2D eigenvalue weighted by Crippen LogP contribution is 2.26. The van der Waals surface area contributed by atoms with Crippen LogP contribution >= 0.6 is 11.3 Å². The van der Waals surface area contributed by atoms with Crippen LogP contribution in [0.2, 0.25) is 0 Å². The van der Waals surface area contributed by atoms with E-state index in [-0.39, 0.29) is 12.5 Å². The quantitative estimate of drug-likeness (QED) is 0.873. The van der Waals surface area contributed by atoms with Crippen molar-refractivity contribution in [2.45, 2.75) is 13.5 Å². The van der Waals surface area contributed by atoms with E-state index < -0.39 is 0 Å². The Labute approximate surface area is 110 Å². The van der Waals surface area contributed by atoms with E-state index in [4.69, 9.17) is 9.15 Å². The molecule has 0 spiro atoms. The third kappa shape index (κ3) is 3.45. The summed E-state index contributed by atoms with van der Waals surface area (Å²) in [7, 11) is 0. The molecule has 0 saturated heterocycles. The van der Waals surface area contributed by atoms with Crippen LogP contribution in [0.4, 0.5) is 0 Å². The van der Waals surface area contributed by atoms with Crippen LogP contribution in [-0.2, 0) is 16.1 Å². The largest absolute Gasteiger partial charge is 0.458 e. The fourth-order valence-corrected chi connectivity index (χ4v) is 2.14. The average Bonchev–Trinajstić information content (AvgIpc) is 3.03. The molecule has 0 saturated carbocycles. The molecule has 0 aliphatic heterocycles. The minimum absolute atomic E-state index is 0.0923. The van der Waals surface area contributed by atoms with E-state index in [0.717, 1.165) is 16.4 Å². The number of hydrogen-bond acceptors (Lipinski definition) is 4. The fraction of sp³-hybridized carbons (Fsp3) is 0.308. The number of carbonyl (C=O) groups excluding carboxylic acids is 1. The molecule has 5 heteroatoms. The Balaban J connectivity index is 1.86. The molecule has 2 rings (SSSR count). The van der Waals surface area contributed by atoms with E-state index in [1.165, 1.54) is 0 Å². The first-order chi connectivity index (χ1) is 8.79. The molecule has 0 atom stereocenters. The molecule has 2 heterocycles. The second-order valence-corrected chi connectivity index (χ2v) is 4.60. The lowest BCUT2D eigenvalue weighted by Gasteiger charge is -2.02. The van der Waals surface area contributed by atoms with Crippen LogP contribution in [0, 0.1) is 0 Å². The van der Waals surface area contributed by atoms with Crippen molar-refractivity contribution in [3.05, 3.63) is 35.4 Å². The molecule has 0 aliphatic rings. The Bertz CT molecular complexity index is 490. The van der Waals surface area contributed by atoms with Gasteiger partial charge in [0.1, 0.15) is 18.1 Å². The van der Waals surface area contributed by atoms with E-state index >= 15 is 0 Å². The number of nitrogens with one attached hydrogen (secondary N) is 1. The highest BCUT2D eigenvalue weighted by molar-refractivity contribution is 7.13. The van der Waals surface area contributed by atoms with Crippen molar-refractivity contribution in [3.63, 3.8) is 0 Å². The van der Waals surface area contributed by atoms with Crippen molar-refractivity contribution >= 4 is 17.2 Å². The highest BCUT2D eigenvalue weighted by Gasteiger charge is 2.07. The molecule has 0 bridgehead atoms. The van der Waals surface area contributed by atoms with Gasteiger partial charge in [-0.1, -0.05) is 6.07 Å². The molecular formula is C13H15NO3S. The lowest BCUT2D eigenvalue weighted by atomic mass is 10.3. The molecule has 18 heavy (non-hydrogen) atoms. The zero-order chi connectivity index (χ0) is 12.8. The summed E-state index contributed by atoms with van der Waals surface area (Å²) in [5.74, 6) is 1.44. The van der Waals surface area contributed by atoms with Crippen molar-refractivity contribution in [1.29, 1.82) is 0 Å². The van der Waals surface area contributed by atoms with Gasteiger partial charge in [0.05, 0.1) is 11.4 Å². The normalized spacial score (nSPS) is 10.5. The molecule has 2 aromatic heterocycles. The van der Waals surface area contributed by atoms with Crippen LogP contribution in [0.25, 0.3) is 10.6 Å². The maximum Gasteiger partial charge on any atom is 0.246 e. The molecule has 0 radical (unpaired) electrons. The van der Waals surface area contributed by atoms with Gasteiger partial charge in [0, 0.05) is 6.61 Å². The van der Waals surface area contributed by atoms with Gasteiger partial charge >= 0.3 is 0 Å². The summed E-state index contributed by atoms with van der Waals surface area (Å²) in [6.45, 7) is 2.87. The van der Waals surface area contributed by atoms with Crippen LogP contribution in [0.15, 0.2) is 34.1 Å². The van der Waals surface area contributed by atoms with Crippen LogP contribution in [-0.4, -0.2) is 19.1 Å². The molecule has 0 aromatic carbocycles. The maximum absolute atomic E-state index is 11.3. The summed E-state index contributed by atoms with van der Waals surface area (Å²) < 4.78 is 10.6. The van der Waals surface area contributed by atoms with Crippen molar-refractivity contribution in [3.8, 4) is 10.6 Å². The van der Waals surface area contributed by atoms with Crippen molar-refractivity contribution in [2.24, 2.45) is 0 Å². The SMILES string of the molecule is CCOCC(=O)NCc1ccc(-c2cccs2)o1. The maximum atomic E-state index is 11.3. The first-order valence-electron chi connectivity index (χ1n) is 5.76. The first-order valence-corrected chi connectivity index (χ1v) is 6.64. The smallest absolute Gasteiger partial charge is 0.246 e. The fourth-order valence-electron chi connectivity index (χ4n) is 1.46. The third-order valence-corrected chi connectivity index (χ3v) is 3.21. The Hall–Kier alpha value is -1.59. The second kappa shape index (κ2) is 6.37. The van der Waals surface area contributed by atoms with Gasteiger partial charge in [-0.2, -0.15) is 0 Å². The number of amides is 1. The first kappa shape index (κ1) is 12.9. The molecule has 0 aliphatic carbocycles. The zero-order valence-corrected chi connectivity index (χ0v) is 11.0. The summed E-state index contributed by atoms with van der Waals surface area (Å²) in [6, 6.07) is 7.76. The lowest BCUT2D eigenvalue weighted by molar-refractivity contribution is -0.125. The van der Waals surface area contributed by atoms with Gasteiger partial charge in [-0.3, -0.25) is 4.79 Å². The summed E-state index contributed by atoms with van der Waals surface area (Å²) in [6.07, 6.45) is 0. The van der Waals surface area contributed by atoms with E-state index in [1.807, 2.05) is 36.6 Å². The average molecular weight is 265 g/mol. The number of hydrogen-bond donors (Lipinski definition) is 1. The van der Waals surface area contributed by atoms with E-state index in [2.05, 4.69) is 5.32 Å². The van der Waals surface area contributed by atoms with Gasteiger partial charge in [-0.25, -0.2) is 0 Å². The standard InChI is InChI=1S/C13H15NO3S/c1-2-16-9-13(15)14-8-10-5-6-11(17-10)12-4-3-7-18-12/h3-7H,2,8-9H2,1H3,(H,14,15). The topological polar surface area (TPSA) is 51.5 Å². The predicted molar refractivity (Wildman–Crippen MR) is 70.4 cm³/mol. The molecule has 96 valence electrons. The van der Waals surface area contributed by atoms with Crippen LogP contribution in [0.1, 0.15) is 12.7 Å². The Morgan fingerprint density at radius 1 is 1.44 bits per heavy atom. The van der Waals surface area contributed by atoms with Gasteiger partial charge < -0.3 is 14.5 Å². The Morgan fingerprint density at radius 2 is 2.33 bits per heavy atom. The van der Waals surface area contributed by atoms with E-state index in [9.17, 15) is 4.79 Å². The number of ether oxygens (including phenoxy) is 1. The van der Waals surface area contributed by atoms with E-state index in [1.54, 1.807) is 11.3 Å². The molecule has 2 aromatic rings. The monoisotopic (exact) mass is 265 g/mol. The summed E-state index contributed by atoms with van der Waals surface area (Å²) >= 11 is 1.62. The van der Waals surface area contributed by atoms with E-state index in [0.29, 0.717) is 13.2 Å². The highest BCUT2D eigenvalue weighted by atomic mass is 32.1. The van der Waals surface area contributed by atoms with Gasteiger partial charge in [0.25, 0.3) is 0 Å². The number of furan rings is 1. The molecule has 4 nitrogen and oxygen atoms in total. The van der Waals surface area contributed by atoms with Crippen LogP contribution in [0.3, 0.4) is 0 Å². The third-order valence-electron chi connectivity index (χ3n) is 2.32. The Morgan fingerprint density at radius 3 is 3.06 bits per heavy atom. The van der Waals surface area contributed by atoms with Crippen molar-refractivity contribution in [2.75, 3.05) is 13.2 Å². The molecular weight excluding hydrogens is 250 g/mol. The van der Waals surface area contributed by atoms with Gasteiger partial charge in [-0.15, -0.1) is 11.3 Å². The number of rotatable bonds is 6. The number of thiophene rings is 1. The summed E-state index contributed by atoms with van der Waals surface area (Å²) in [5, 5.41) is 4.74. The van der Waals surface area contributed by atoms with Crippen molar-refractivity contribution < 1.29 is 13.9 Å². The molecule has 0 fully saturated rings. The predicted octanol–water partition coefficient (Wildman–Crippen LogP) is 2.66. The minimum Gasteiger partial charge on any atom is -0.458 e. The minimum atomic E-state index is -0.133. The van der Waals surface area contributed by atoms with Crippen molar-refractivity contribution in [1.82, 2.24) is 5.32 Å². The second-order valence-electron chi connectivity index (χ2n) is 3.66. The zero-order valence-electron chi connectivity index (χ0n) is 10.1. The van der Waals surface area contributed by atoms with Gasteiger partial charge in [0.15, 0.2) is 0 Å². The Kier molecular flexibility index (Phi) is 4.55. The number of carbonyl (C=O) groups is 1. The summed E-state index contributed by atoms with van der Waals surface area (Å²) in [5.41, 5.74) is 0. The molecule has 0 unspecified atom stereocenters. The summed E-state index contributed by atoms with van der Waals surface area (Å²) in [4.78, 5) is 12.4. The van der Waals surface area contributed by atoms with Gasteiger partial charge in [0.2, 0.25) is 5.91 Å².